The van der Waals surface area contributed by atoms with Gasteiger partial charge in [-0.2, -0.15) is 5.26 Å². The Morgan fingerprint density at radius 1 is 1.62 bits per heavy atom. The van der Waals surface area contributed by atoms with Crippen molar-refractivity contribution < 1.29 is 0 Å². The number of aromatic amines is 1. The van der Waals surface area contributed by atoms with Crippen LogP contribution in [0.2, 0.25) is 5.02 Å². The number of hydrogen-bond acceptors (Lipinski definition) is 3. The maximum atomic E-state index is 8.68. The monoisotopic (exact) mass is 251 g/mol. The van der Waals surface area contributed by atoms with Crippen LogP contribution in [-0.4, -0.2) is 15.7 Å². The summed E-state index contributed by atoms with van der Waals surface area (Å²) >= 11 is 7.43. The van der Waals surface area contributed by atoms with Crippen molar-refractivity contribution in [3.63, 3.8) is 0 Å². The Morgan fingerprint density at radius 3 is 3.19 bits per heavy atom. The van der Waals surface area contributed by atoms with Gasteiger partial charge in [-0.25, -0.2) is 4.98 Å². The average Bonchev–Trinajstić information content (AvgIpc) is 2.67. The number of thioether (sulfide) groups is 1. The standard InChI is InChI=1S/C11H10ClN3S/c1-7(5-13)6-16-11-14-9-3-2-8(12)4-10(9)15-11/h2-4,7H,6H2,1H3,(H,14,15). The molecule has 0 radical (unpaired) electrons. The second-order valence-corrected chi connectivity index (χ2v) is 4.99. The quantitative estimate of drug-likeness (QED) is 0.850. The van der Waals surface area contributed by atoms with Crippen LogP contribution in [0, 0.1) is 17.2 Å². The molecule has 0 saturated carbocycles. The molecule has 2 rings (SSSR count). The van der Waals surface area contributed by atoms with E-state index in [-0.39, 0.29) is 5.92 Å². The molecule has 1 atom stereocenters. The minimum atomic E-state index is 0.0294. The zero-order chi connectivity index (χ0) is 11.5. The molecule has 1 aromatic carbocycles. The molecule has 1 heterocycles. The summed E-state index contributed by atoms with van der Waals surface area (Å²) in [5.41, 5.74) is 1.83. The Bertz CT molecular complexity index is 544. The molecule has 0 fully saturated rings. The summed E-state index contributed by atoms with van der Waals surface area (Å²) in [6.07, 6.45) is 0. The van der Waals surface area contributed by atoms with Crippen LogP contribution in [0.5, 0.6) is 0 Å². The highest BCUT2D eigenvalue weighted by Crippen LogP contribution is 2.23. The molecule has 82 valence electrons. The van der Waals surface area contributed by atoms with Crippen molar-refractivity contribution in [1.82, 2.24) is 9.97 Å². The molecule has 0 aliphatic rings. The van der Waals surface area contributed by atoms with E-state index in [0.29, 0.717) is 5.02 Å². The van der Waals surface area contributed by atoms with E-state index in [0.717, 1.165) is 21.9 Å². The summed E-state index contributed by atoms with van der Waals surface area (Å²) in [6, 6.07) is 7.74. The van der Waals surface area contributed by atoms with Crippen molar-refractivity contribution >= 4 is 34.4 Å². The molecule has 0 aliphatic carbocycles. The van der Waals surface area contributed by atoms with Gasteiger partial charge in [-0.15, -0.1) is 0 Å². The van der Waals surface area contributed by atoms with Crippen LogP contribution in [0.25, 0.3) is 11.0 Å². The highest BCUT2D eigenvalue weighted by atomic mass is 35.5. The first kappa shape index (κ1) is 11.3. The number of nitrogens with zero attached hydrogens (tertiary/aromatic N) is 2. The fourth-order valence-electron chi connectivity index (χ4n) is 1.27. The Kier molecular flexibility index (Phi) is 3.37. The number of imidazole rings is 1. The highest BCUT2D eigenvalue weighted by Gasteiger charge is 2.06. The third-order valence-electron chi connectivity index (χ3n) is 2.11. The predicted molar refractivity (Wildman–Crippen MR) is 66.6 cm³/mol. The lowest BCUT2D eigenvalue weighted by Gasteiger charge is -1.97. The Balaban J connectivity index is 2.17. The Morgan fingerprint density at radius 2 is 2.44 bits per heavy atom. The fraction of sp³-hybridized carbons (Fsp3) is 0.273. The Hall–Kier alpha value is -1.18. The number of H-pyrrole nitrogens is 1. The van der Waals surface area contributed by atoms with Gasteiger partial charge in [0, 0.05) is 10.8 Å². The van der Waals surface area contributed by atoms with Crippen LogP contribution >= 0.6 is 23.4 Å². The maximum absolute atomic E-state index is 8.68. The average molecular weight is 252 g/mol. The molecule has 1 N–H and O–H groups in total. The molecule has 0 spiro atoms. The van der Waals surface area contributed by atoms with E-state index in [9.17, 15) is 0 Å². The van der Waals surface area contributed by atoms with E-state index < -0.39 is 0 Å². The summed E-state index contributed by atoms with van der Waals surface area (Å²) in [6.45, 7) is 1.90. The topological polar surface area (TPSA) is 52.5 Å². The van der Waals surface area contributed by atoms with Crippen LogP contribution in [0.3, 0.4) is 0 Å². The van der Waals surface area contributed by atoms with Crippen molar-refractivity contribution in [2.75, 3.05) is 5.75 Å². The highest BCUT2D eigenvalue weighted by molar-refractivity contribution is 7.99. The smallest absolute Gasteiger partial charge is 0.166 e. The van der Waals surface area contributed by atoms with Crippen LogP contribution in [-0.2, 0) is 0 Å². The normalized spacial score (nSPS) is 12.6. The number of nitriles is 1. The molecule has 0 bridgehead atoms. The van der Waals surface area contributed by atoms with Gasteiger partial charge < -0.3 is 4.98 Å². The first-order valence-electron chi connectivity index (χ1n) is 4.86. The third kappa shape index (κ3) is 2.49. The van der Waals surface area contributed by atoms with Gasteiger partial charge in [0.2, 0.25) is 0 Å². The lowest BCUT2D eigenvalue weighted by atomic mass is 10.3. The summed E-state index contributed by atoms with van der Waals surface area (Å²) in [5, 5.41) is 10.2. The van der Waals surface area contributed by atoms with Crippen molar-refractivity contribution in [3.05, 3.63) is 23.2 Å². The van der Waals surface area contributed by atoms with Gasteiger partial charge >= 0.3 is 0 Å². The second-order valence-electron chi connectivity index (χ2n) is 3.54. The van der Waals surface area contributed by atoms with E-state index in [1.54, 1.807) is 11.8 Å². The van der Waals surface area contributed by atoms with Crippen LogP contribution in [0.4, 0.5) is 0 Å². The van der Waals surface area contributed by atoms with Crippen LogP contribution in [0.1, 0.15) is 6.92 Å². The van der Waals surface area contributed by atoms with Crippen molar-refractivity contribution in [1.29, 1.82) is 5.26 Å². The van der Waals surface area contributed by atoms with Crippen molar-refractivity contribution in [2.45, 2.75) is 12.1 Å². The minimum absolute atomic E-state index is 0.0294. The number of nitrogens with one attached hydrogen (secondary N) is 1. The molecule has 16 heavy (non-hydrogen) atoms. The molecule has 3 nitrogen and oxygen atoms in total. The van der Waals surface area contributed by atoms with E-state index in [4.69, 9.17) is 16.9 Å². The van der Waals surface area contributed by atoms with Gasteiger partial charge in [-0.05, 0) is 25.1 Å². The molecule has 5 heteroatoms. The molecule has 1 aromatic heterocycles. The lowest BCUT2D eigenvalue weighted by Crippen LogP contribution is -1.93. The van der Waals surface area contributed by atoms with Crippen LogP contribution < -0.4 is 0 Å². The fourth-order valence-corrected chi connectivity index (χ4v) is 2.27. The largest absolute Gasteiger partial charge is 0.333 e. The molecule has 1 unspecified atom stereocenters. The number of rotatable bonds is 3. The second kappa shape index (κ2) is 4.77. The van der Waals surface area contributed by atoms with Gasteiger partial charge in [0.05, 0.1) is 23.0 Å². The SMILES string of the molecule is CC(C#N)CSc1nc2ccc(Cl)cc2[nH]1. The zero-order valence-electron chi connectivity index (χ0n) is 8.70. The minimum Gasteiger partial charge on any atom is -0.333 e. The maximum Gasteiger partial charge on any atom is 0.166 e. The molecule has 0 aliphatic heterocycles. The first-order valence-corrected chi connectivity index (χ1v) is 6.23. The van der Waals surface area contributed by atoms with E-state index in [1.165, 1.54) is 0 Å². The predicted octanol–water partition coefficient (Wildman–Crippen LogP) is 3.47. The Labute approximate surface area is 103 Å². The van der Waals surface area contributed by atoms with Gasteiger partial charge in [0.1, 0.15) is 0 Å². The summed E-state index contributed by atoms with van der Waals surface area (Å²) < 4.78 is 0. The number of aromatic nitrogens is 2. The number of halogens is 1. The van der Waals surface area contributed by atoms with Gasteiger partial charge in [0.25, 0.3) is 0 Å². The van der Waals surface area contributed by atoms with Crippen molar-refractivity contribution in [3.8, 4) is 6.07 Å². The van der Waals surface area contributed by atoms with E-state index >= 15 is 0 Å². The van der Waals surface area contributed by atoms with Crippen molar-refractivity contribution in [2.24, 2.45) is 5.92 Å². The number of hydrogen-bond donors (Lipinski definition) is 1. The molecule has 0 saturated heterocycles. The summed E-state index contributed by atoms with van der Waals surface area (Å²) in [4.78, 5) is 7.57. The summed E-state index contributed by atoms with van der Waals surface area (Å²) in [5.74, 6) is 0.770. The van der Waals surface area contributed by atoms with E-state index in [2.05, 4.69) is 16.0 Å². The van der Waals surface area contributed by atoms with Gasteiger partial charge in [0.15, 0.2) is 5.16 Å². The van der Waals surface area contributed by atoms with E-state index in [1.807, 2.05) is 25.1 Å². The zero-order valence-corrected chi connectivity index (χ0v) is 10.3. The lowest BCUT2D eigenvalue weighted by molar-refractivity contribution is 0.860. The third-order valence-corrected chi connectivity index (χ3v) is 3.48. The molecular formula is C11H10ClN3S. The summed E-state index contributed by atoms with van der Waals surface area (Å²) in [7, 11) is 0. The van der Waals surface area contributed by atoms with Crippen LogP contribution in [0.15, 0.2) is 23.4 Å². The van der Waals surface area contributed by atoms with Gasteiger partial charge in [-0.1, -0.05) is 23.4 Å². The molecule has 0 amide bonds. The van der Waals surface area contributed by atoms with Gasteiger partial charge in [-0.3, -0.25) is 0 Å². The number of benzene rings is 1. The molecular weight excluding hydrogens is 242 g/mol. The molecule has 2 aromatic rings. The first-order chi connectivity index (χ1) is 7.69. The number of fused-ring (bicyclic) bond motifs is 1.